The average Bonchev–Trinajstić information content (AvgIpc) is 3.59. The fourth-order valence-corrected chi connectivity index (χ4v) is 5.86. The van der Waals surface area contributed by atoms with Crippen molar-refractivity contribution in [3.8, 4) is 0 Å². The van der Waals surface area contributed by atoms with Gasteiger partial charge in [-0.25, -0.2) is 4.79 Å². The molecule has 7 amide bonds. The van der Waals surface area contributed by atoms with E-state index in [0.717, 1.165) is 4.90 Å². The Kier molecular flexibility index (Phi) is 20.1. The van der Waals surface area contributed by atoms with Gasteiger partial charge in [0.15, 0.2) is 0 Å². The highest BCUT2D eigenvalue weighted by molar-refractivity contribution is 7.80. The molecule has 1 saturated heterocycles. The number of aliphatic carboxylic acids is 3. The molecule has 0 aliphatic carbocycles. The first-order chi connectivity index (χ1) is 25.6. The van der Waals surface area contributed by atoms with Crippen molar-refractivity contribution in [3.63, 3.8) is 0 Å². The number of likely N-dealkylation sites (tertiary alicyclic amines) is 1. The van der Waals surface area contributed by atoms with Crippen molar-refractivity contribution in [2.24, 2.45) is 23.3 Å². The number of hydrogen-bond donors (Lipinski definition) is 11. The van der Waals surface area contributed by atoms with Crippen LogP contribution in [-0.2, 0) is 47.9 Å². The second kappa shape index (κ2) is 23.0. The van der Waals surface area contributed by atoms with Crippen molar-refractivity contribution in [2.45, 2.75) is 121 Å². The summed E-state index contributed by atoms with van der Waals surface area (Å²) >= 11 is 4.12. The molecule has 1 fully saturated rings. The van der Waals surface area contributed by atoms with Crippen LogP contribution in [0.15, 0.2) is 0 Å². The normalized spacial score (nSPS) is 17.2. The molecule has 22 heteroatoms. The van der Waals surface area contributed by atoms with E-state index < -0.39 is 133 Å². The molecule has 0 saturated carbocycles. The summed E-state index contributed by atoms with van der Waals surface area (Å²) in [5.74, 6) is -11.3. The predicted molar refractivity (Wildman–Crippen MR) is 196 cm³/mol. The van der Waals surface area contributed by atoms with Gasteiger partial charge in [0.05, 0.1) is 12.5 Å². The van der Waals surface area contributed by atoms with Crippen molar-refractivity contribution in [3.05, 3.63) is 0 Å². The van der Waals surface area contributed by atoms with Crippen LogP contribution < -0.4 is 38.1 Å². The molecule has 1 heterocycles. The number of primary amides is 1. The fraction of sp³-hybridized carbons (Fsp3) is 0.697. The number of nitrogens with two attached hydrogens (primary N) is 2. The van der Waals surface area contributed by atoms with Crippen LogP contribution in [0, 0.1) is 11.8 Å². The molecule has 0 spiro atoms. The van der Waals surface area contributed by atoms with Gasteiger partial charge in [0.1, 0.15) is 36.3 Å². The van der Waals surface area contributed by atoms with Crippen molar-refractivity contribution < 1.29 is 63.3 Å². The second-order valence-electron chi connectivity index (χ2n) is 14.0. The van der Waals surface area contributed by atoms with Crippen LogP contribution in [0.1, 0.15) is 79.1 Å². The van der Waals surface area contributed by atoms with Gasteiger partial charge < -0.3 is 58.3 Å². The molecule has 55 heavy (non-hydrogen) atoms. The number of nitrogens with zero attached hydrogens (tertiary/aromatic N) is 1. The molecule has 21 nitrogen and oxygen atoms in total. The van der Waals surface area contributed by atoms with E-state index in [1.165, 1.54) is 0 Å². The Hall–Kier alpha value is -4.99. The number of amides is 7. The van der Waals surface area contributed by atoms with E-state index in [1.54, 1.807) is 27.7 Å². The van der Waals surface area contributed by atoms with Gasteiger partial charge in [-0.2, -0.15) is 12.6 Å². The van der Waals surface area contributed by atoms with Crippen LogP contribution in [-0.4, -0.2) is 134 Å². The molecule has 0 aromatic carbocycles. The van der Waals surface area contributed by atoms with Crippen LogP contribution in [0.25, 0.3) is 0 Å². The lowest BCUT2D eigenvalue weighted by Gasteiger charge is -2.29. The van der Waals surface area contributed by atoms with Crippen LogP contribution in [0.3, 0.4) is 0 Å². The number of carbonyl (C=O) groups excluding carboxylic acids is 7. The summed E-state index contributed by atoms with van der Waals surface area (Å²) in [7, 11) is 0. The molecule has 0 radical (unpaired) electrons. The lowest BCUT2D eigenvalue weighted by Crippen LogP contribution is -2.61. The SMILES string of the molecule is CC(C)C[C@H](NC(=O)[C@H](CCC(=O)O)NC(=O)[C@H](CS)NC(=O)[C@@H](NC(=O)[C@@H](N)CCC(=O)O)C(C)C)C(=O)N[C@@H](CC(N)=O)C(=O)N1CCC[C@H]1C(=O)O. The van der Waals surface area contributed by atoms with E-state index in [1.807, 2.05) is 0 Å². The van der Waals surface area contributed by atoms with Gasteiger partial charge in [-0.1, -0.05) is 27.7 Å². The van der Waals surface area contributed by atoms with Gasteiger partial charge in [0.25, 0.3) is 0 Å². The standard InChI is InChI=1S/C33H54N8O13S/c1-15(2)12-19(29(49)38-20(13-23(35)42)32(52)41-11-5-6-22(41)33(53)54)37-28(48)18(8-10-25(45)46)36-30(50)21(14-55)39-31(51)26(16(3)4)40-27(47)17(34)7-9-24(43)44/h15-22,26,55H,5-14,34H2,1-4H3,(H2,35,42)(H,36,50)(H,37,48)(H,38,49)(H,39,51)(H,40,47)(H,43,44)(H,45,46)(H,53,54)/t17-,18-,19-,20-,21-,22-,26-/m0/s1. The molecule has 1 rings (SSSR count). The molecule has 0 bridgehead atoms. The van der Waals surface area contributed by atoms with Gasteiger partial charge in [-0.3, -0.25) is 43.2 Å². The monoisotopic (exact) mass is 802 g/mol. The van der Waals surface area contributed by atoms with Gasteiger partial charge in [-0.05, 0) is 43.9 Å². The lowest BCUT2D eigenvalue weighted by molar-refractivity contribution is -0.149. The van der Waals surface area contributed by atoms with E-state index in [-0.39, 0.29) is 37.5 Å². The van der Waals surface area contributed by atoms with Crippen molar-refractivity contribution in [1.82, 2.24) is 31.5 Å². The van der Waals surface area contributed by atoms with E-state index >= 15 is 0 Å². The van der Waals surface area contributed by atoms with Crippen molar-refractivity contribution in [2.75, 3.05) is 12.3 Å². The molecule has 0 aromatic heterocycles. The van der Waals surface area contributed by atoms with Crippen LogP contribution in [0.4, 0.5) is 0 Å². The zero-order valence-corrected chi connectivity index (χ0v) is 32.1. The number of carboxylic acid groups (broad SMARTS) is 3. The first-order valence-electron chi connectivity index (χ1n) is 17.7. The molecule has 0 aromatic rings. The summed E-state index contributed by atoms with van der Waals surface area (Å²) in [6.45, 7) is 6.65. The average molecular weight is 803 g/mol. The zero-order chi connectivity index (χ0) is 42.2. The predicted octanol–water partition coefficient (Wildman–Crippen LogP) is -2.95. The minimum Gasteiger partial charge on any atom is -0.481 e. The summed E-state index contributed by atoms with van der Waals surface area (Å²) < 4.78 is 0. The molecular formula is C33H54N8O13S. The second-order valence-corrected chi connectivity index (χ2v) is 14.3. The number of carbonyl (C=O) groups is 10. The third kappa shape index (κ3) is 16.5. The Balaban J connectivity index is 3.22. The first-order valence-corrected chi connectivity index (χ1v) is 18.4. The minimum absolute atomic E-state index is 0.0340. The minimum atomic E-state index is -1.58. The third-order valence-corrected chi connectivity index (χ3v) is 8.89. The highest BCUT2D eigenvalue weighted by Gasteiger charge is 2.39. The maximum atomic E-state index is 13.6. The van der Waals surface area contributed by atoms with E-state index in [2.05, 4.69) is 39.2 Å². The summed E-state index contributed by atoms with van der Waals surface area (Å²) in [6.07, 6.45) is -1.86. The molecule has 1 aliphatic rings. The Labute approximate surface area is 323 Å². The van der Waals surface area contributed by atoms with E-state index in [9.17, 15) is 58.2 Å². The summed E-state index contributed by atoms with van der Waals surface area (Å²) in [4.78, 5) is 127. The molecule has 310 valence electrons. The molecule has 0 unspecified atom stereocenters. The van der Waals surface area contributed by atoms with Gasteiger partial charge >= 0.3 is 17.9 Å². The summed E-state index contributed by atoms with van der Waals surface area (Å²) in [5, 5.41) is 39.8. The number of rotatable bonds is 24. The maximum Gasteiger partial charge on any atom is 0.326 e. The van der Waals surface area contributed by atoms with Crippen LogP contribution >= 0.6 is 12.6 Å². The largest absolute Gasteiger partial charge is 0.481 e. The number of thiol groups is 1. The third-order valence-electron chi connectivity index (χ3n) is 8.53. The van der Waals surface area contributed by atoms with E-state index in [4.69, 9.17) is 16.6 Å². The zero-order valence-electron chi connectivity index (χ0n) is 31.2. The Bertz CT molecular complexity index is 1450. The smallest absolute Gasteiger partial charge is 0.326 e. The molecule has 12 N–H and O–H groups in total. The molecular weight excluding hydrogens is 748 g/mol. The van der Waals surface area contributed by atoms with E-state index in [0.29, 0.717) is 6.42 Å². The van der Waals surface area contributed by atoms with Crippen molar-refractivity contribution in [1.29, 1.82) is 0 Å². The Morgan fingerprint density at radius 2 is 1.22 bits per heavy atom. The topological polar surface area (TPSA) is 347 Å². The van der Waals surface area contributed by atoms with Gasteiger partial charge in [-0.15, -0.1) is 0 Å². The lowest BCUT2D eigenvalue weighted by atomic mass is 10.0. The molecule has 7 atom stereocenters. The first kappa shape index (κ1) is 48.0. The summed E-state index contributed by atoms with van der Waals surface area (Å²) in [6, 6.07) is -9.63. The summed E-state index contributed by atoms with van der Waals surface area (Å²) in [5.41, 5.74) is 11.1. The van der Waals surface area contributed by atoms with Crippen LogP contribution in [0.5, 0.6) is 0 Å². The Morgan fingerprint density at radius 3 is 1.73 bits per heavy atom. The quantitative estimate of drug-likeness (QED) is 0.0435. The van der Waals surface area contributed by atoms with Gasteiger partial charge in [0.2, 0.25) is 41.4 Å². The number of carboxylic acids is 3. The Morgan fingerprint density at radius 1 is 0.709 bits per heavy atom. The molecule has 1 aliphatic heterocycles. The maximum absolute atomic E-state index is 13.6. The highest BCUT2D eigenvalue weighted by atomic mass is 32.1. The van der Waals surface area contributed by atoms with Crippen molar-refractivity contribution >= 4 is 71.9 Å². The van der Waals surface area contributed by atoms with Crippen LogP contribution in [0.2, 0.25) is 0 Å². The fourth-order valence-electron chi connectivity index (χ4n) is 5.61. The van der Waals surface area contributed by atoms with Gasteiger partial charge in [0, 0.05) is 25.1 Å². The number of hydrogen-bond acceptors (Lipinski definition) is 12. The highest BCUT2D eigenvalue weighted by Crippen LogP contribution is 2.19. The number of nitrogens with one attached hydrogen (secondary N) is 5.